The van der Waals surface area contributed by atoms with Crippen molar-refractivity contribution in [2.24, 2.45) is 0 Å². The Morgan fingerprint density at radius 1 is 1.13 bits per heavy atom. The van der Waals surface area contributed by atoms with Gasteiger partial charge in [-0.3, -0.25) is 9.10 Å². The Bertz CT molecular complexity index is 946. The molecular weight excluding hydrogens is 424 g/mol. The number of carbonyl (C=O) groups excluding carboxylic acids is 1. The molecule has 0 saturated heterocycles. The largest absolute Gasteiger partial charge is 0.491 e. The number of anilines is 1. The summed E-state index contributed by atoms with van der Waals surface area (Å²) in [4.78, 5) is 12.8. The Kier molecular flexibility index (Phi) is 8.55. The van der Waals surface area contributed by atoms with Crippen LogP contribution in [0.1, 0.15) is 38.7 Å². The smallest absolute Gasteiger partial charge is 0.244 e. The van der Waals surface area contributed by atoms with Gasteiger partial charge >= 0.3 is 0 Å². The van der Waals surface area contributed by atoms with Crippen molar-refractivity contribution in [1.82, 2.24) is 5.32 Å². The minimum absolute atomic E-state index is 0.264. The summed E-state index contributed by atoms with van der Waals surface area (Å²) in [7, 11) is -3.68. The van der Waals surface area contributed by atoms with Gasteiger partial charge in [-0.2, -0.15) is 0 Å². The van der Waals surface area contributed by atoms with E-state index in [4.69, 9.17) is 16.3 Å². The minimum Gasteiger partial charge on any atom is -0.491 e. The molecule has 6 nitrogen and oxygen atoms in total. The first-order chi connectivity index (χ1) is 14.1. The molecule has 0 aliphatic carbocycles. The molecule has 0 aromatic heterocycles. The quantitative estimate of drug-likeness (QED) is 0.548. The van der Waals surface area contributed by atoms with Crippen LogP contribution in [-0.2, 0) is 14.8 Å². The molecule has 0 aliphatic rings. The number of hydrogen-bond acceptors (Lipinski definition) is 4. The number of para-hydroxylation sites is 1. The van der Waals surface area contributed by atoms with Gasteiger partial charge in [0.2, 0.25) is 15.9 Å². The van der Waals surface area contributed by atoms with Crippen LogP contribution in [0.3, 0.4) is 0 Å². The predicted octanol–water partition coefficient (Wildman–Crippen LogP) is 4.20. The van der Waals surface area contributed by atoms with Gasteiger partial charge in [-0.25, -0.2) is 8.42 Å². The van der Waals surface area contributed by atoms with Crippen molar-refractivity contribution in [3.05, 3.63) is 59.1 Å². The van der Waals surface area contributed by atoms with Crippen molar-refractivity contribution in [1.29, 1.82) is 0 Å². The molecule has 0 radical (unpaired) electrons. The number of sulfonamides is 1. The van der Waals surface area contributed by atoms with Crippen LogP contribution >= 0.6 is 11.6 Å². The Balaban J connectivity index is 2.05. The summed E-state index contributed by atoms with van der Waals surface area (Å²) in [6.07, 6.45) is 1.40. The molecule has 0 saturated carbocycles. The van der Waals surface area contributed by atoms with E-state index in [2.05, 4.69) is 19.2 Å². The summed E-state index contributed by atoms with van der Waals surface area (Å²) in [6.45, 7) is 6.50. The van der Waals surface area contributed by atoms with E-state index in [1.807, 2.05) is 24.3 Å². The van der Waals surface area contributed by atoms with Gasteiger partial charge in [0.25, 0.3) is 0 Å². The highest BCUT2D eigenvalue weighted by Crippen LogP contribution is 2.26. The molecule has 8 heteroatoms. The zero-order valence-corrected chi connectivity index (χ0v) is 19.3. The molecule has 164 valence electrons. The lowest BCUT2D eigenvalue weighted by atomic mass is 10.0. The van der Waals surface area contributed by atoms with Crippen LogP contribution < -0.4 is 14.4 Å². The summed E-state index contributed by atoms with van der Waals surface area (Å²) < 4.78 is 31.8. The second-order valence-corrected chi connectivity index (χ2v) is 9.59. The molecule has 2 rings (SSSR count). The summed E-state index contributed by atoms with van der Waals surface area (Å²) in [5, 5.41) is 3.28. The average molecular weight is 453 g/mol. The third-order valence-corrected chi connectivity index (χ3v) is 6.04. The van der Waals surface area contributed by atoms with Crippen LogP contribution in [-0.4, -0.2) is 39.8 Å². The summed E-state index contributed by atoms with van der Waals surface area (Å²) in [6, 6.07) is 13.3. The summed E-state index contributed by atoms with van der Waals surface area (Å²) in [5.74, 6) is 0.731. The van der Waals surface area contributed by atoms with Crippen LogP contribution in [0.5, 0.6) is 5.75 Å². The van der Waals surface area contributed by atoms with Crippen molar-refractivity contribution in [2.45, 2.75) is 39.2 Å². The maximum Gasteiger partial charge on any atom is 0.244 e. The topological polar surface area (TPSA) is 75.7 Å². The molecule has 0 bridgehead atoms. The highest BCUT2D eigenvalue weighted by Gasteiger charge is 2.31. The van der Waals surface area contributed by atoms with Crippen molar-refractivity contribution < 1.29 is 17.9 Å². The van der Waals surface area contributed by atoms with E-state index in [1.165, 1.54) is 0 Å². The fourth-order valence-electron chi connectivity index (χ4n) is 3.19. The molecule has 2 aromatic carbocycles. The fraction of sp³-hybridized carbons (Fsp3) is 0.409. The average Bonchev–Trinajstić information content (AvgIpc) is 2.69. The zero-order chi connectivity index (χ0) is 22.3. The first kappa shape index (κ1) is 24.0. The molecule has 0 spiro atoms. The van der Waals surface area contributed by atoms with Crippen molar-refractivity contribution >= 4 is 33.2 Å². The van der Waals surface area contributed by atoms with Crippen LogP contribution in [0, 0.1) is 0 Å². The fourth-order valence-corrected chi connectivity index (χ4v) is 4.53. The number of nitrogens with one attached hydrogen (secondary N) is 1. The van der Waals surface area contributed by atoms with Crippen molar-refractivity contribution in [2.75, 3.05) is 23.7 Å². The SMILES string of the molecule is CCC(C(=O)NCCOc1ccccc1C(C)C)N(c1ccc(Cl)cc1)S(C)(=O)=O. The van der Waals surface area contributed by atoms with E-state index < -0.39 is 16.1 Å². The van der Waals surface area contributed by atoms with E-state index >= 15 is 0 Å². The maximum absolute atomic E-state index is 12.8. The van der Waals surface area contributed by atoms with Gasteiger partial charge in [-0.15, -0.1) is 0 Å². The Morgan fingerprint density at radius 2 is 1.77 bits per heavy atom. The molecule has 2 aromatic rings. The lowest BCUT2D eigenvalue weighted by Gasteiger charge is -2.30. The second kappa shape index (κ2) is 10.7. The van der Waals surface area contributed by atoms with E-state index in [9.17, 15) is 13.2 Å². The summed E-state index contributed by atoms with van der Waals surface area (Å²) in [5.41, 5.74) is 1.49. The molecule has 0 aliphatic heterocycles. The maximum atomic E-state index is 12.8. The molecule has 1 unspecified atom stereocenters. The summed E-state index contributed by atoms with van der Waals surface area (Å²) >= 11 is 5.91. The number of ether oxygens (including phenoxy) is 1. The van der Waals surface area contributed by atoms with Crippen molar-refractivity contribution in [3.63, 3.8) is 0 Å². The van der Waals surface area contributed by atoms with E-state index in [1.54, 1.807) is 31.2 Å². The van der Waals surface area contributed by atoms with Crippen LogP contribution in [0.4, 0.5) is 5.69 Å². The Hall–Kier alpha value is -2.25. The second-order valence-electron chi connectivity index (χ2n) is 7.29. The Labute approximate surface area is 184 Å². The Morgan fingerprint density at radius 3 is 2.33 bits per heavy atom. The number of rotatable bonds is 10. The van der Waals surface area contributed by atoms with Gasteiger partial charge < -0.3 is 10.1 Å². The van der Waals surface area contributed by atoms with Crippen LogP contribution in [0.15, 0.2) is 48.5 Å². The number of halogens is 1. The zero-order valence-electron chi connectivity index (χ0n) is 17.8. The highest BCUT2D eigenvalue weighted by atomic mass is 35.5. The highest BCUT2D eigenvalue weighted by molar-refractivity contribution is 7.92. The monoisotopic (exact) mass is 452 g/mol. The molecular formula is C22H29ClN2O4S. The normalized spacial score (nSPS) is 12.5. The number of nitrogens with zero attached hydrogens (tertiary/aromatic N) is 1. The lowest BCUT2D eigenvalue weighted by molar-refractivity contribution is -0.122. The first-order valence-electron chi connectivity index (χ1n) is 9.89. The molecule has 0 fully saturated rings. The van der Waals surface area contributed by atoms with Gasteiger partial charge in [-0.05, 0) is 48.2 Å². The molecule has 0 heterocycles. The number of amides is 1. The molecule has 1 amide bonds. The third kappa shape index (κ3) is 6.37. The van der Waals surface area contributed by atoms with Gasteiger partial charge in [-0.1, -0.05) is 50.6 Å². The third-order valence-electron chi connectivity index (χ3n) is 4.61. The van der Waals surface area contributed by atoms with Gasteiger partial charge in [0, 0.05) is 5.02 Å². The van der Waals surface area contributed by atoms with E-state index in [-0.39, 0.29) is 19.1 Å². The first-order valence-corrected chi connectivity index (χ1v) is 12.1. The van der Waals surface area contributed by atoms with Gasteiger partial charge in [0.15, 0.2) is 0 Å². The van der Waals surface area contributed by atoms with Gasteiger partial charge in [0.05, 0.1) is 18.5 Å². The van der Waals surface area contributed by atoms with E-state index in [0.717, 1.165) is 21.9 Å². The van der Waals surface area contributed by atoms with E-state index in [0.29, 0.717) is 23.0 Å². The van der Waals surface area contributed by atoms with Crippen LogP contribution in [0.25, 0.3) is 0 Å². The predicted molar refractivity (Wildman–Crippen MR) is 122 cm³/mol. The number of carbonyl (C=O) groups is 1. The standard InChI is InChI=1S/C22H29ClN2O4S/c1-5-20(25(30(4,27)28)18-12-10-17(23)11-13-18)22(26)24-14-15-29-21-9-7-6-8-19(21)16(2)3/h6-13,16,20H,5,14-15H2,1-4H3,(H,24,26). The number of hydrogen-bond donors (Lipinski definition) is 1. The molecule has 30 heavy (non-hydrogen) atoms. The molecule has 1 N–H and O–H groups in total. The lowest BCUT2D eigenvalue weighted by Crippen LogP contribution is -2.50. The van der Waals surface area contributed by atoms with Crippen LogP contribution in [0.2, 0.25) is 5.02 Å². The minimum atomic E-state index is -3.68. The van der Waals surface area contributed by atoms with Gasteiger partial charge in [0.1, 0.15) is 18.4 Å². The number of benzene rings is 2. The molecule has 1 atom stereocenters. The van der Waals surface area contributed by atoms with Crippen molar-refractivity contribution in [3.8, 4) is 5.75 Å².